The standard InChI is InChI=1S/C17H32N6O2.C9H12OS/c1-18-14-16(19-2)20-25-15-17(24)23-12-10-22(11-13-23)9-5-8-21-6-3-4-7-21;1-6-4-8(10-3)5-7(2)9(6)11/h18H,2-15H2,1H3;4-5,11H,1-3H3/b20-16-;. The fourth-order valence-electron chi connectivity index (χ4n) is 4.31. The zero-order valence-corrected chi connectivity index (χ0v) is 23.4. The molecule has 0 spiro atoms. The Morgan fingerprint density at radius 1 is 1.06 bits per heavy atom. The number of thiol groups is 1. The van der Waals surface area contributed by atoms with Gasteiger partial charge in [0.25, 0.3) is 5.91 Å². The number of carbonyl (C=O) groups is 1. The second-order valence-corrected chi connectivity index (χ2v) is 9.65. The molecule has 1 aromatic rings. The zero-order valence-electron chi connectivity index (χ0n) is 22.5. The van der Waals surface area contributed by atoms with Crippen LogP contribution in [-0.4, -0.2) is 113 Å². The minimum absolute atomic E-state index is 0.0201. The highest BCUT2D eigenvalue weighted by Gasteiger charge is 2.21. The molecular formula is C26H44N6O3S. The number of amidine groups is 1. The van der Waals surface area contributed by atoms with Crippen molar-refractivity contribution in [3.63, 3.8) is 0 Å². The van der Waals surface area contributed by atoms with Gasteiger partial charge in [0.1, 0.15) is 5.75 Å². The number of likely N-dealkylation sites (tertiary alicyclic amines) is 1. The molecule has 0 atom stereocenters. The summed E-state index contributed by atoms with van der Waals surface area (Å²) < 4.78 is 5.10. The van der Waals surface area contributed by atoms with Gasteiger partial charge < -0.3 is 24.7 Å². The minimum Gasteiger partial charge on any atom is -0.497 e. The predicted octanol–water partition coefficient (Wildman–Crippen LogP) is 2.47. The number of nitrogens with one attached hydrogen (secondary N) is 1. The van der Waals surface area contributed by atoms with Crippen molar-refractivity contribution < 1.29 is 14.4 Å². The number of benzene rings is 1. The van der Waals surface area contributed by atoms with Crippen molar-refractivity contribution in [2.75, 3.05) is 79.7 Å². The predicted molar refractivity (Wildman–Crippen MR) is 150 cm³/mol. The van der Waals surface area contributed by atoms with Crippen LogP contribution in [0.3, 0.4) is 0 Å². The Hall–Kier alpha value is -2.14. The summed E-state index contributed by atoms with van der Waals surface area (Å²) in [6.45, 7) is 16.2. The largest absolute Gasteiger partial charge is 0.497 e. The van der Waals surface area contributed by atoms with Crippen LogP contribution in [0.1, 0.15) is 30.4 Å². The maximum Gasteiger partial charge on any atom is 0.263 e. The first-order chi connectivity index (χ1) is 17.4. The van der Waals surface area contributed by atoms with E-state index >= 15 is 0 Å². The van der Waals surface area contributed by atoms with Gasteiger partial charge in [-0.05, 0) is 96.3 Å². The van der Waals surface area contributed by atoms with E-state index in [1.807, 2.05) is 30.9 Å². The molecule has 0 saturated carbocycles. The number of ether oxygens (including phenoxy) is 1. The molecule has 0 radical (unpaired) electrons. The van der Waals surface area contributed by atoms with E-state index in [4.69, 9.17) is 9.57 Å². The minimum atomic E-state index is -0.0440. The number of aliphatic imine (C=N–C) groups is 1. The molecule has 2 aliphatic rings. The maximum atomic E-state index is 12.2. The molecule has 2 heterocycles. The Morgan fingerprint density at radius 2 is 1.64 bits per heavy atom. The molecule has 3 rings (SSSR count). The Kier molecular flexibility index (Phi) is 13.9. The highest BCUT2D eigenvalue weighted by molar-refractivity contribution is 7.80. The van der Waals surface area contributed by atoms with Crippen LogP contribution in [0.5, 0.6) is 5.75 Å². The van der Waals surface area contributed by atoms with Crippen LogP contribution >= 0.6 is 12.6 Å². The van der Waals surface area contributed by atoms with Crippen LogP contribution in [0.2, 0.25) is 0 Å². The van der Waals surface area contributed by atoms with E-state index in [1.165, 1.54) is 38.9 Å². The summed E-state index contributed by atoms with van der Waals surface area (Å²) in [4.78, 5) is 28.9. The third kappa shape index (κ3) is 10.5. The molecule has 2 aliphatic heterocycles. The molecule has 1 amide bonds. The van der Waals surface area contributed by atoms with Crippen molar-refractivity contribution in [1.82, 2.24) is 20.0 Å². The molecule has 202 valence electrons. The molecule has 9 nitrogen and oxygen atoms in total. The van der Waals surface area contributed by atoms with Crippen molar-refractivity contribution in [3.8, 4) is 5.75 Å². The van der Waals surface area contributed by atoms with E-state index in [9.17, 15) is 4.79 Å². The summed E-state index contributed by atoms with van der Waals surface area (Å²) in [5.74, 6) is 1.32. The maximum absolute atomic E-state index is 12.2. The fourth-order valence-corrected chi connectivity index (χ4v) is 4.44. The zero-order chi connectivity index (χ0) is 26.3. The van der Waals surface area contributed by atoms with E-state index in [0.29, 0.717) is 12.4 Å². The summed E-state index contributed by atoms with van der Waals surface area (Å²) >= 11 is 4.34. The highest BCUT2D eigenvalue weighted by atomic mass is 32.1. The monoisotopic (exact) mass is 520 g/mol. The Morgan fingerprint density at radius 3 is 2.17 bits per heavy atom. The number of likely N-dealkylation sites (N-methyl/N-ethyl adjacent to an activating group) is 1. The number of nitrogens with zero attached hydrogens (tertiary/aromatic N) is 5. The van der Waals surface area contributed by atoms with Gasteiger partial charge in [-0.2, -0.15) is 0 Å². The lowest BCUT2D eigenvalue weighted by atomic mass is 10.1. The van der Waals surface area contributed by atoms with Crippen LogP contribution in [0.4, 0.5) is 0 Å². The summed E-state index contributed by atoms with van der Waals surface area (Å²) in [6, 6.07) is 3.96. The van der Waals surface area contributed by atoms with Gasteiger partial charge in [0.05, 0.1) is 13.7 Å². The summed E-state index contributed by atoms with van der Waals surface area (Å²) in [7, 11) is 3.46. The van der Waals surface area contributed by atoms with Gasteiger partial charge in [0.2, 0.25) is 0 Å². The second kappa shape index (κ2) is 16.6. The quantitative estimate of drug-likeness (QED) is 0.214. The number of aryl methyl sites for hydroxylation is 2. The van der Waals surface area contributed by atoms with Crippen LogP contribution in [0, 0.1) is 13.8 Å². The lowest BCUT2D eigenvalue weighted by Gasteiger charge is -2.34. The number of piperazine rings is 1. The third-order valence-electron chi connectivity index (χ3n) is 6.45. The SMILES string of the molecule is C=N/C(CNC)=N\OCC(=O)N1CCN(CCCN2CCCC2)CC1.COc1cc(C)c(S)c(C)c1. The van der Waals surface area contributed by atoms with Gasteiger partial charge in [0.15, 0.2) is 12.4 Å². The van der Waals surface area contributed by atoms with Crippen molar-refractivity contribution in [2.45, 2.75) is 38.0 Å². The molecule has 0 aromatic heterocycles. The number of rotatable bonds is 10. The summed E-state index contributed by atoms with van der Waals surface area (Å²) in [5.41, 5.74) is 2.32. The number of methoxy groups -OCH3 is 1. The lowest BCUT2D eigenvalue weighted by molar-refractivity contribution is -0.137. The van der Waals surface area contributed by atoms with E-state index < -0.39 is 0 Å². The molecule has 0 bridgehead atoms. The molecule has 0 aliphatic carbocycles. The molecule has 1 aromatic carbocycles. The Labute approximate surface area is 222 Å². The smallest absolute Gasteiger partial charge is 0.263 e. The molecule has 10 heteroatoms. The first-order valence-corrected chi connectivity index (χ1v) is 13.2. The first kappa shape index (κ1) is 30.1. The summed E-state index contributed by atoms with van der Waals surface area (Å²) in [5, 5.41) is 6.73. The van der Waals surface area contributed by atoms with E-state index in [-0.39, 0.29) is 12.5 Å². The van der Waals surface area contributed by atoms with Crippen molar-refractivity contribution >= 4 is 31.1 Å². The normalized spacial score (nSPS) is 16.9. The number of hydrogen-bond acceptors (Lipinski definition) is 8. The van der Waals surface area contributed by atoms with E-state index in [2.05, 4.69) is 44.6 Å². The average molecular weight is 521 g/mol. The number of hydrogen-bond donors (Lipinski definition) is 2. The second-order valence-electron chi connectivity index (χ2n) is 9.20. The molecular weight excluding hydrogens is 476 g/mol. The number of amides is 1. The van der Waals surface area contributed by atoms with Gasteiger partial charge in [-0.1, -0.05) is 5.16 Å². The van der Waals surface area contributed by atoms with Gasteiger partial charge >= 0.3 is 0 Å². The van der Waals surface area contributed by atoms with Crippen molar-refractivity contribution in [3.05, 3.63) is 23.3 Å². The van der Waals surface area contributed by atoms with Gasteiger partial charge in [-0.3, -0.25) is 9.69 Å². The van der Waals surface area contributed by atoms with Crippen molar-refractivity contribution in [2.24, 2.45) is 10.1 Å². The first-order valence-electron chi connectivity index (χ1n) is 12.7. The van der Waals surface area contributed by atoms with Gasteiger partial charge in [0, 0.05) is 31.1 Å². The topological polar surface area (TPSA) is 82.0 Å². The lowest BCUT2D eigenvalue weighted by Crippen LogP contribution is -2.50. The van der Waals surface area contributed by atoms with E-state index in [0.717, 1.165) is 54.5 Å². The molecule has 1 N–H and O–H groups in total. The van der Waals surface area contributed by atoms with Crippen LogP contribution in [-0.2, 0) is 9.63 Å². The Bertz CT molecular complexity index is 829. The fraction of sp³-hybridized carbons (Fsp3) is 0.654. The van der Waals surface area contributed by atoms with Crippen molar-refractivity contribution in [1.29, 1.82) is 0 Å². The highest BCUT2D eigenvalue weighted by Crippen LogP contribution is 2.23. The average Bonchev–Trinajstić information content (AvgIpc) is 3.40. The van der Waals surface area contributed by atoms with Crippen LogP contribution in [0.15, 0.2) is 27.2 Å². The Balaban J connectivity index is 0.000000346. The molecule has 2 saturated heterocycles. The van der Waals surface area contributed by atoms with Gasteiger partial charge in [-0.15, -0.1) is 12.6 Å². The number of oxime groups is 1. The van der Waals surface area contributed by atoms with Gasteiger partial charge in [-0.25, -0.2) is 4.99 Å². The van der Waals surface area contributed by atoms with Crippen LogP contribution in [0.25, 0.3) is 0 Å². The molecule has 36 heavy (non-hydrogen) atoms. The summed E-state index contributed by atoms with van der Waals surface area (Å²) in [6.07, 6.45) is 3.92. The molecule has 0 unspecified atom stereocenters. The van der Waals surface area contributed by atoms with Crippen LogP contribution < -0.4 is 10.1 Å². The third-order valence-corrected chi connectivity index (χ3v) is 7.15. The van der Waals surface area contributed by atoms with E-state index in [1.54, 1.807) is 14.2 Å². The number of carbonyl (C=O) groups excluding carboxylic acids is 1. The molecule has 2 fully saturated rings.